The second kappa shape index (κ2) is 5.51. The van der Waals surface area contributed by atoms with E-state index in [0.29, 0.717) is 0 Å². The van der Waals surface area contributed by atoms with E-state index in [1.54, 1.807) is 12.1 Å². The lowest BCUT2D eigenvalue weighted by Gasteiger charge is -2.34. The topological polar surface area (TPSA) is 39.6 Å². The summed E-state index contributed by atoms with van der Waals surface area (Å²) >= 11 is 0. The molecule has 20 heavy (non-hydrogen) atoms. The number of phenolic OH excluding ortho intramolecular Hbond substituents is 1. The Kier molecular flexibility index (Phi) is 3.56. The molecule has 1 aliphatic rings. The van der Waals surface area contributed by atoms with Crippen molar-refractivity contribution in [3.63, 3.8) is 0 Å². The van der Waals surface area contributed by atoms with Gasteiger partial charge in [-0.2, -0.15) is 0 Å². The zero-order valence-electron chi connectivity index (χ0n) is 11.7. The maximum Gasteiger partial charge on any atom is 0.116 e. The molecular weight excluding hydrogens is 250 g/mol. The normalized spacial score (nSPS) is 16.4. The van der Waals surface area contributed by atoms with Gasteiger partial charge in [0.15, 0.2) is 0 Å². The predicted octanol–water partition coefficient (Wildman–Crippen LogP) is 2.21. The summed E-state index contributed by atoms with van der Waals surface area (Å²) in [5, 5.41) is 9.58. The van der Waals surface area contributed by atoms with E-state index in [9.17, 15) is 5.11 Å². The van der Waals surface area contributed by atoms with Crippen LogP contribution in [0.15, 0.2) is 42.6 Å². The minimum absolute atomic E-state index is 0.273. The zero-order valence-corrected chi connectivity index (χ0v) is 11.7. The van der Waals surface area contributed by atoms with E-state index in [1.807, 2.05) is 18.3 Å². The summed E-state index contributed by atoms with van der Waals surface area (Å²) in [7, 11) is 2.15. The molecule has 0 aliphatic carbocycles. The molecule has 1 fully saturated rings. The molecule has 1 aliphatic heterocycles. The lowest BCUT2D eigenvalue weighted by Crippen LogP contribution is -2.44. The Hall–Kier alpha value is -2.07. The summed E-state index contributed by atoms with van der Waals surface area (Å²) in [6, 6.07) is 11.4. The molecule has 0 unspecified atom stereocenters. The van der Waals surface area contributed by atoms with Gasteiger partial charge in [0.05, 0.1) is 5.69 Å². The highest BCUT2D eigenvalue weighted by Crippen LogP contribution is 2.25. The molecule has 0 bridgehead atoms. The number of likely N-dealkylation sites (N-methyl/N-ethyl adjacent to an activating group) is 1. The Morgan fingerprint density at radius 3 is 2.60 bits per heavy atom. The number of anilines is 1. The van der Waals surface area contributed by atoms with Gasteiger partial charge in [0.2, 0.25) is 0 Å². The first-order valence-corrected chi connectivity index (χ1v) is 6.91. The summed E-state index contributed by atoms with van der Waals surface area (Å²) in [6.07, 6.45) is 1.84. The highest BCUT2D eigenvalue weighted by Gasteiger charge is 2.14. The average molecular weight is 269 g/mol. The number of nitrogens with zero attached hydrogens (tertiary/aromatic N) is 3. The van der Waals surface area contributed by atoms with E-state index in [4.69, 9.17) is 0 Å². The lowest BCUT2D eigenvalue weighted by molar-refractivity contribution is 0.313. The number of phenols is 1. The number of piperazine rings is 1. The first kappa shape index (κ1) is 12.9. The smallest absolute Gasteiger partial charge is 0.116 e. The molecule has 1 aromatic carbocycles. The Bertz CT molecular complexity index is 592. The molecule has 4 nitrogen and oxygen atoms in total. The maximum absolute atomic E-state index is 9.58. The number of pyridine rings is 1. The summed E-state index contributed by atoms with van der Waals surface area (Å²) in [5.41, 5.74) is 3.05. The third-order valence-electron chi connectivity index (χ3n) is 3.75. The molecule has 2 heterocycles. The van der Waals surface area contributed by atoms with Crippen LogP contribution in [-0.4, -0.2) is 48.2 Å². The summed E-state index contributed by atoms with van der Waals surface area (Å²) < 4.78 is 0. The van der Waals surface area contributed by atoms with Gasteiger partial charge in [-0.05, 0) is 31.3 Å². The van der Waals surface area contributed by atoms with Crippen molar-refractivity contribution >= 4 is 5.69 Å². The minimum Gasteiger partial charge on any atom is -0.508 e. The van der Waals surface area contributed by atoms with Gasteiger partial charge < -0.3 is 14.9 Å². The standard InChI is InChI=1S/C16H19N3O/c1-18-7-9-19(10-8-18)14-5-6-17-16(12-14)13-3-2-4-15(20)11-13/h2-6,11-12,20H,7-10H2,1H3. The van der Waals surface area contributed by atoms with Gasteiger partial charge in [-0.15, -0.1) is 0 Å². The molecule has 104 valence electrons. The van der Waals surface area contributed by atoms with Crippen LogP contribution < -0.4 is 4.90 Å². The van der Waals surface area contributed by atoms with Crippen LogP contribution in [0.1, 0.15) is 0 Å². The van der Waals surface area contributed by atoms with Crippen molar-refractivity contribution < 1.29 is 5.11 Å². The predicted molar refractivity (Wildman–Crippen MR) is 81.0 cm³/mol. The van der Waals surface area contributed by atoms with Gasteiger partial charge in [-0.3, -0.25) is 4.98 Å². The van der Waals surface area contributed by atoms with Crippen LogP contribution in [0.25, 0.3) is 11.3 Å². The fourth-order valence-corrected chi connectivity index (χ4v) is 2.50. The van der Waals surface area contributed by atoms with E-state index in [1.165, 1.54) is 5.69 Å². The Labute approximate surface area is 119 Å². The molecular formula is C16H19N3O. The zero-order chi connectivity index (χ0) is 13.9. The molecule has 2 aromatic rings. The van der Waals surface area contributed by atoms with Crippen LogP contribution in [0, 0.1) is 0 Å². The molecule has 1 N–H and O–H groups in total. The molecule has 0 saturated carbocycles. The SMILES string of the molecule is CN1CCN(c2ccnc(-c3cccc(O)c3)c2)CC1. The maximum atomic E-state index is 9.58. The monoisotopic (exact) mass is 269 g/mol. The number of hydrogen-bond donors (Lipinski definition) is 1. The summed E-state index contributed by atoms with van der Waals surface area (Å²) in [5.74, 6) is 0.273. The van der Waals surface area contributed by atoms with Crippen LogP contribution >= 0.6 is 0 Å². The second-order valence-electron chi connectivity index (χ2n) is 5.24. The van der Waals surface area contributed by atoms with E-state index in [0.717, 1.165) is 37.4 Å². The van der Waals surface area contributed by atoms with Gasteiger partial charge in [0.25, 0.3) is 0 Å². The third kappa shape index (κ3) is 2.75. The van der Waals surface area contributed by atoms with Crippen molar-refractivity contribution in [2.24, 2.45) is 0 Å². The van der Waals surface area contributed by atoms with Crippen molar-refractivity contribution in [1.29, 1.82) is 0 Å². The first-order valence-electron chi connectivity index (χ1n) is 6.91. The fourth-order valence-electron chi connectivity index (χ4n) is 2.50. The quantitative estimate of drug-likeness (QED) is 0.907. The molecule has 0 atom stereocenters. The van der Waals surface area contributed by atoms with Gasteiger partial charge in [-0.25, -0.2) is 0 Å². The fraction of sp³-hybridized carbons (Fsp3) is 0.312. The van der Waals surface area contributed by atoms with E-state index < -0.39 is 0 Å². The van der Waals surface area contributed by atoms with E-state index in [-0.39, 0.29) is 5.75 Å². The van der Waals surface area contributed by atoms with Crippen molar-refractivity contribution in [3.8, 4) is 17.0 Å². The highest BCUT2D eigenvalue weighted by atomic mass is 16.3. The number of benzene rings is 1. The van der Waals surface area contributed by atoms with E-state index in [2.05, 4.69) is 34.0 Å². The third-order valence-corrected chi connectivity index (χ3v) is 3.75. The molecule has 0 spiro atoms. The van der Waals surface area contributed by atoms with Crippen LogP contribution in [0.5, 0.6) is 5.75 Å². The minimum atomic E-state index is 0.273. The van der Waals surface area contributed by atoms with Crippen molar-refractivity contribution in [3.05, 3.63) is 42.6 Å². The Morgan fingerprint density at radius 2 is 1.85 bits per heavy atom. The number of hydrogen-bond acceptors (Lipinski definition) is 4. The molecule has 3 rings (SSSR count). The molecule has 1 saturated heterocycles. The van der Waals surface area contributed by atoms with Crippen LogP contribution in [0.3, 0.4) is 0 Å². The molecule has 0 radical (unpaired) electrons. The van der Waals surface area contributed by atoms with Gasteiger partial charge >= 0.3 is 0 Å². The Morgan fingerprint density at radius 1 is 1.05 bits per heavy atom. The lowest BCUT2D eigenvalue weighted by atomic mass is 10.1. The van der Waals surface area contributed by atoms with Gasteiger partial charge in [0, 0.05) is 43.6 Å². The van der Waals surface area contributed by atoms with Crippen molar-refractivity contribution in [2.75, 3.05) is 38.1 Å². The largest absolute Gasteiger partial charge is 0.508 e. The van der Waals surface area contributed by atoms with Crippen molar-refractivity contribution in [1.82, 2.24) is 9.88 Å². The first-order chi connectivity index (χ1) is 9.72. The van der Waals surface area contributed by atoms with E-state index >= 15 is 0 Å². The Balaban J connectivity index is 1.86. The van der Waals surface area contributed by atoms with Gasteiger partial charge in [0.1, 0.15) is 5.75 Å². The number of aromatic nitrogens is 1. The number of aromatic hydroxyl groups is 1. The van der Waals surface area contributed by atoms with Crippen molar-refractivity contribution in [2.45, 2.75) is 0 Å². The molecule has 4 heteroatoms. The highest BCUT2D eigenvalue weighted by molar-refractivity contribution is 5.65. The van der Waals surface area contributed by atoms with Crippen LogP contribution in [0.4, 0.5) is 5.69 Å². The summed E-state index contributed by atoms with van der Waals surface area (Å²) in [4.78, 5) is 9.14. The van der Waals surface area contributed by atoms with Crippen LogP contribution in [-0.2, 0) is 0 Å². The molecule has 1 aromatic heterocycles. The van der Waals surface area contributed by atoms with Gasteiger partial charge in [-0.1, -0.05) is 12.1 Å². The summed E-state index contributed by atoms with van der Waals surface area (Å²) in [6.45, 7) is 4.26. The molecule has 0 amide bonds. The number of rotatable bonds is 2. The second-order valence-corrected chi connectivity index (χ2v) is 5.24. The van der Waals surface area contributed by atoms with Crippen LogP contribution in [0.2, 0.25) is 0 Å². The average Bonchev–Trinajstić information content (AvgIpc) is 2.48.